The van der Waals surface area contributed by atoms with Crippen molar-refractivity contribution >= 4 is 9.84 Å². The molecule has 4 heteroatoms. The Kier molecular flexibility index (Phi) is 3.45. The maximum atomic E-state index is 11.4. The van der Waals surface area contributed by atoms with Crippen molar-refractivity contribution < 1.29 is 8.42 Å². The summed E-state index contributed by atoms with van der Waals surface area (Å²) in [5.41, 5.74) is 6.86. The van der Waals surface area contributed by atoms with Crippen LogP contribution in [0.2, 0.25) is 0 Å². The van der Waals surface area contributed by atoms with Gasteiger partial charge in [0.1, 0.15) is 0 Å². The van der Waals surface area contributed by atoms with Crippen molar-refractivity contribution in [2.75, 3.05) is 6.26 Å². The highest BCUT2D eigenvalue weighted by molar-refractivity contribution is 7.90. The molecule has 90 valence electrons. The molecule has 0 aliphatic heterocycles. The number of hydrogen-bond donors (Lipinski definition) is 1. The number of benzene rings is 1. The highest BCUT2D eigenvalue weighted by atomic mass is 32.2. The van der Waals surface area contributed by atoms with E-state index in [9.17, 15) is 8.42 Å². The Morgan fingerprint density at radius 3 is 2.25 bits per heavy atom. The number of nitrogens with two attached hydrogens (primary N) is 1. The van der Waals surface area contributed by atoms with Gasteiger partial charge < -0.3 is 5.73 Å². The van der Waals surface area contributed by atoms with Crippen LogP contribution >= 0.6 is 0 Å². The number of sulfone groups is 1. The fourth-order valence-electron chi connectivity index (χ4n) is 1.44. The summed E-state index contributed by atoms with van der Waals surface area (Å²) >= 11 is 0. The van der Waals surface area contributed by atoms with Crippen LogP contribution < -0.4 is 5.73 Å². The van der Waals surface area contributed by atoms with Crippen LogP contribution in [0.25, 0.3) is 0 Å². The van der Waals surface area contributed by atoms with Gasteiger partial charge in [0.15, 0.2) is 9.84 Å². The molecule has 1 aromatic carbocycles. The fourth-order valence-corrected chi connectivity index (χ4v) is 2.11. The summed E-state index contributed by atoms with van der Waals surface area (Å²) in [6, 6.07) is 6.68. The van der Waals surface area contributed by atoms with Crippen molar-refractivity contribution in [3.8, 4) is 0 Å². The summed E-state index contributed by atoms with van der Waals surface area (Å²) in [4.78, 5) is 0.324. The van der Waals surface area contributed by atoms with E-state index < -0.39 is 9.84 Å². The van der Waals surface area contributed by atoms with Crippen molar-refractivity contribution in [1.29, 1.82) is 0 Å². The first-order chi connectivity index (χ1) is 7.12. The van der Waals surface area contributed by atoms with Crippen molar-refractivity contribution in [3.05, 3.63) is 29.8 Å². The minimum absolute atomic E-state index is 0.0872. The van der Waals surface area contributed by atoms with Crippen molar-refractivity contribution in [2.24, 2.45) is 11.1 Å². The zero-order chi connectivity index (χ0) is 12.6. The largest absolute Gasteiger partial charge is 0.324 e. The first-order valence-electron chi connectivity index (χ1n) is 5.18. The zero-order valence-electron chi connectivity index (χ0n) is 10.2. The Balaban J connectivity index is 3.19. The molecule has 0 bridgehead atoms. The molecule has 0 fully saturated rings. The van der Waals surface area contributed by atoms with Crippen molar-refractivity contribution in [1.82, 2.24) is 0 Å². The molecular weight excluding hydrogens is 222 g/mol. The van der Waals surface area contributed by atoms with Gasteiger partial charge in [0.2, 0.25) is 0 Å². The number of hydrogen-bond acceptors (Lipinski definition) is 3. The Hall–Kier alpha value is -0.870. The van der Waals surface area contributed by atoms with Gasteiger partial charge in [-0.05, 0) is 23.1 Å². The maximum Gasteiger partial charge on any atom is 0.175 e. The van der Waals surface area contributed by atoms with Gasteiger partial charge in [-0.25, -0.2) is 8.42 Å². The zero-order valence-corrected chi connectivity index (χ0v) is 11.0. The fraction of sp³-hybridized carbons (Fsp3) is 0.500. The molecule has 0 saturated heterocycles. The lowest BCUT2D eigenvalue weighted by atomic mass is 9.83. The average molecular weight is 241 g/mol. The quantitative estimate of drug-likeness (QED) is 0.863. The average Bonchev–Trinajstić information content (AvgIpc) is 2.14. The van der Waals surface area contributed by atoms with E-state index >= 15 is 0 Å². The smallest absolute Gasteiger partial charge is 0.175 e. The third-order valence-corrected chi connectivity index (χ3v) is 3.69. The topological polar surface area (TPSA) is 60.2 Å². The predicted molar refractivity (Wildman–Crippen MR) is 65.9 cm³/mol. The second-order valence-electron chi connectivity index (χ2n) is 5.19. The highest BCUT2D eigenvalue weighted by Crippen LogP contribution is 2.31. The van der Waals surface area contributed by atoms with Gasteiger partial charge in [0.05, 0.1) is 4.90 Å². The molecule has 0 radical (unpaired) electrons. The molecule has 2 N–H and O–H groups in total. The van der Waals surface area contributed by atoms with Crippen LogP contribution in [0, 0.1) is 5.41 Å². The second kappa shape index (κ2) is 4.18. The molecule has 16 heavy (non-hydrogen) atoms. The van der Waals surface area contributed by atoms with Gasteiger partial charge in [-0.2, -0.15) is 0 Å². The summed E-state index contributed by atoms with van der Waals surface area (Å²) in [5.74, 6) is 0. The van der Waals surface area contributed by atoms with Crippen LogP contribution in [-0.2, 0) is 9.84 Å². The van der Waals surface area contributed by atoms with Crippen molar-refractivity contribution in [3.63, 3.8) is 0 Å². The normalized spacial score (nSPS) is 14.8. The van der Waals surface area contributed by atoms with E-state index in [1.807, 2.05) is 26.8 Å². The lowest BCUT2D eigenvalue weighted by Crippen LogP contribution is -2.26. The molecule has 0 amide bonds. The first-order valence-corrected chi connectivity index (χ1v) is 7.07. The van der Waals surface area contributed by atoms with Gasteiger partial charge in [-0.15, -0.1) is 0 Å². The molecule has 0 saturated carbocycles. The SMILES string of the molecule is CC(C)(C)[C@@H](N)c1cccc(S(C)(=O)=O)c1. The van der Waals surface area contributed by atoms with E-state index in [0.29, 0.717) is 4.90 Å². The molecule has 1 aromatic rings. The van der Waals surface area contributed by atoms with E-state index in [1.165, 1.54) is 6.26 Å². The Morgan fingerprint density at radius 2 is 1.81 bits per heavy atom. The molecule has 0 aliphatic rings. The Bertz CT molecular complexity index is 472. The van der Waals surface area contributed by atoms with Crippen LogP contribution in [0.15, 0.2) is 29.2 Å². The van der Waals surface area contributed by atoms with Gasteiger partial charge in [-0.3, -0.25) is 0 Å². The molecule has 0 aliphatic carbocycles. The Labute approximate surface area is 97.6 Å². The van der Waals surface area contributed by atoms with Gasteiger partial charge in [0.25, 0.3) is 0 Å². The minimum atomic E-state index is -3.16. The highest BCUT2D eigenvalue weighted by Gasteiger charge is 2.23. The van der Waals surface area contributed by atoms with E-state index in [1.54, 1.807) is 18.2 Å². The molecule has 3 nitrogen and oxygen atoms in total. The molecule has 0 heterocycles. The molecule has 0 aromatic heterocycles. The van der Waals surface area contributed by atoms with Gasteiger partial charge in [0, 0.05) is 12.3 Å². The van der Waals surface area contributed by atoms with Crippen LogP contribution in [0.1, 0.15) is 32.4 Å². The summed E-state index contributed by atoms with van der Waals surface area (Å²) in [7, 11) is -3.16. The Morgan fingerprint density at radius 1 is 1.25 bits per heavy atom. The lowest BCUT2D eigenvalue weighted by Gasteiger charge is -2.27. The summed E-state index contributed by atoms with van der Waals surface area (Å²) in [5, 5.41) is 0. The molecule has 0 spiro atoms. The van der Waals surface area contributed by atoms with Gasteiger partial charge in [-0.1, -0.05) is 32.9 Å². The van der Waals surface area contributed by atoms with Crippen LogP contribution in [0.3, 0.4) is 0 Å². The predicted octanol–water partition coefficient (Wildman–Crippen LogP) is 2.14. The van der Waals surface area contributed by atoms with E-state index in [4.69, 9.17) is 5.73 Å². The molecule has 1 atom stereocenters. The third-order valence-electron chi connectivity index (χ3n) is 2.58. The maximum absolute atomic E-state index is 11.4. The van der Waals surface area contributed by atoms with Crippen LogP contribution in [0.4, 0.5) is 0 Å². The second-order valence-corrected chi connectivity index (χ2v) is 7.20. The lowest BCUT2D eigenvalue weighted by molar-refractivity contribution is 0.326. The monoisotopic (exact) mass is 241 g/mol. The van der Waals surface area contributed by atoms with E-state index in [-0.39, 0.29) is 11.5 Å². The van der Waals surface area contributed by atoms with E-state index in [0.717, 1.165) is 5.56 Å². The number of rotatable bonds is 2. The van der Waals surface area contributed by atoms with Crippen LogP contribution in [0.5, 0.6) is 0 Å². The van der Waals surface area contributed by atoms with Crippen LogP contribution in [-0.4, -0.2) is 14.7 Å². The van der Waals surface area contributed by atoms with Gasteiger partial charge >= 0.3 is 0 Å². The summed E-state index contributed by atoms with van der Waals surface area (Å²) in [6.07, 6.45) is 1.20. The van der Waals surface area contributed by atoms with E-state index in [2.05, 4.69) is 0 Å². The third kappa shape index (κ3) is 3.06. The first kappa shape index (κ1) is 13.2. The molecule has 0 unspecified atom stereocenters. The standard InChI is InChI=1S/C12H19NO2S/c1-12(2,3)11(13)9-6-5-7-10(8-9)16(4,14)15/h5-8,11H,13H2,1-4H3/t11-/m0/s1. The molecule has 1 rings (SSSR count). The van der Waals surface area contributed by atoms with Crippen molar-refractivity contribution in [2.45, 2.75) is 31.7 Å². The summed E-state index contributed by atoms with van der Waals surface area (Å²) in [6.45, 7) is 6.10. The summed E-state index contributed by atoms with van der Waals surface area (Å²) < 4.78 is 22.8. The molecular formula is C12H19NO2S. The minimum Gasteiger partial charge on any atom is -0.324 e.